The molecule has 6 aromatic rings. The SMILES string of the molecule is CN[C@@H](C)C(=O)Nc1ccc(-c2c(-c3ccnc(C)c3)nc3cc(C)ccn23)c(C#Cc2ccc3c(C)cccc3c2)n1. The summed E-state index contributed by atoms with van der Waals surface area (Å²) in [5.74, 6) is 6.93. The van der Waals surface area contributed by atoms with Gasteiger partial charge in [0.15, 0.2) is 0 Å². The molecule has 212 valence electrons. The summed E-state index contributed by atoms with van der Waals surface area (Å²) in [4.78, 5) is 27.0. The molecule has 4 heterocycles. The number of hydrogen-bond acceptors (Lipinski definition) is 5. The lowest BCUT2D eigenvalue weighted by Gasteiger charge is -2.13. The van der Waals surface area contributed by atoms with Crippen molar-refractivity contribution in [2.45, 2.75) is 33.7 Å². The van der Waals surface area contributed by atoms with E-state index >= 15 is 0 Å². The summed E-state index contributed by atoms with van der Waals surface area (Å²) in [6, 6.07) is 24.0. The highest BCUT2D eigenvalue weighted by atomic mass is 16.2. The van der Waals surface area contributed by atoms with E-state index in [1.807, 2.05) is 43.5 Å². The van der Waals surface area contributed by atoms with E-state index in [-0.39, 0.29) is 11.9 Å². The maximum absolute atomic E-state index is 12.7. The van der Waals surface area contributed by atoms with Crippen LogP contribution in [-0.2, 0) is 4.79 Å². The smallest absolute Gasteiger partial charge is 0.242 e. The Morgan fingerprint density at radius 2 is 1.79 bits per heavy atom. The van der Waals surface area contributed by atoms with Gasteiger partial charge in [-0.05, 0) is 111 Å². The van der Waals surface area contributed by atoms with Crippen LogP contribution in [0.2, 0.25) is 0 Å². The maximum atomic E-state index is 12.7. The Morgan fingerprint density at radius 3 is 2.60 bits per heavy atom. The number of rotatable bonds is 5. The lowest BCUT2D eigenvalue weighted by atomic mass is 10.0. The molecule has 0 aliphatic carbocycles. The van der Waals surface area contributed by atoms with E-state index in [2.05, 4.69) is 88.2 Å². The zero-order chi connectivity index (χ0) is 30.1. The molecule has 1 amide bonds. The Hall–Kier alpha value is -5.32. The van der Waals surface area contributed by atoms with Crippen molar-refractivity contribution in [3.63, 3.8) is 0 Å². The van der Waals surface area contributed by atoms with Gasteiger partial charge in [0.1, 0.15) is 17.2 Å². The van der Waals surface area contributed by atoms with Gasteiger partial charge < -0.3 is 10.6 Å². The maximum Gasteiger partial charge on any atom is 0.242 e. The van der Waals surface area contributed by atoms with Crippen LogP contribution in [0.15, 0.2) is 85.2 Å². The zero-order valence-corrected chi connectivity index (χ0v) is 24.9. The minimum Gasteiger partial charge on any atom is -0.309 e. The summed E-state index contributed by atoms with van der Waals surface area (Å²) in [5, 5.41) is 8.23. The van der Waals surface area contributed by atoms with Crippen LogP contribution in [0.4, 0.5) is 5.82 Å². The average molecular weight is 565 g/mol. The molecule has 2 N–H and O–H groups in total. The second kappa shape index (κ2) is 11.5. The van der Waals surface area contributed by atoms with Crippen LogP contribution in [0.25, 0.3) is 38.9 Å². The number of pyridine rings is 3. The highest BCUT2D eigenvalue weighted by Crippen LogP contribution is 2.35. The fourth-order valence-corrected chi connectivity index (χ4v) is 5.13. The Bertz CT molecular complexity index is 2080. The average Bonchev–Trinajstić information content (AvgIpc) is 3.38. The van der Waals surface area contributed by atoms with Crippen LogP contribution in [0.5, 0.6) is 0 Å². The second-order valence-corrected chi connectivity index (χ2v) is 10.8. The summed E-state index contributed by atoms with van der Waals surface area (Å²) in [5.41, 5.74) is 8.91. The molecular formula is C36H32N6O. The first-order chi connectivity index (χ1) is 20.8. The Morgan fingerprint density at radius 1 is 0.930 bits per heavy atom. The summed E-state index contributed by atoms with van der Waals surface area (Å²) in [6.45, 7) is 7.93. The van der Waals surface area contributed by atoms with Crippen LogP contribution < -0.4 is 10.6 Å². The quantitative estimate of drug-likeness (QED) is 0.234. The van der Waals surface area contributed by atoms with E-state index < -0.39 is 0 Å². The van der Waals surface area contributed by atoms with Crippen molar-refractivity contribution in [3.05, 3.63) is 113 Å². The van der Waals surface area contributed by atoms with Crippen LogP contribution in [0, 0.1) is 32.6 Å². The van der Waals surface area contributed by atoms with Crippen LogP contribution in [0.3, 0.4) is 0 Å². The Balaban J connectivity index is 1.55. The third-order valence-corrected chi connectivity index (χ3v) is 7.60. The number of carbonyl (C=O) groups excluding carboxylic acids is 1. The van der Waals surface area contributed by atoms with E-state index in [1.54, 1.807) is 20.2 Å². The van der Waals surface area contributed by atoms with Crippen molar-refractivity contribution < 1.29 is 4.79 Å². The number of aromatic nitrogens is 4. The topological polar surface area (TPSA) is 84.2 Å². The molecule has 43 heavy (non-hydrogen) atoms. The van der Waals surface area contributed by atoms with Gasteiger partial charge in [0.25, 0.3) is 0 Å². The van der Waals surface area contributed by atoms with Crippen molar-refractivity contribution in [3.8, 4) is 34.4 Å². The number of hydrogen-bond donors (Lipinski definition) is 2. The number of amides is 1. The predicted molar refractivity (Wildman–Crippen MR) is 173 cm³/mol. The van der Waals surface area contributed by atoms with E-state index in [9.17, 15) is 4.79 Å². The molecule has 7 nitrogen and oxygen atoms in total. The van der Waals surface area contributed by atoms with E-state index in [1.165, 1.54) is 10.9 Å². The number of anilines is 1. The van der Waals surface area contributed by atoms with Gasteiger partial charge in [-0.25, -0.2) is 9.97 Å². The number of aryl methyl sites for hydroxylation is 3. The summed E-state index contributed by atoms with van der Waals surface area (Å²) in [6.07, 6.45) is 3.82. The number of nitrogens with zero attached hydrogens (tertiary/aromatic N) is 4. The third-order valence-electron chi connectivity index (χ3n) is 7.60. The zero-order valence-electron chi connectivity index (χ0n) is 24.9. The summed E-state index contributed by atoms with van der Waals surface area (Å²) < 4.78 is 2.07. The number of nitrogens with one attached hydrogen (secondary N) is 2. The van der Waals surface area contributed by atoms with Gasteiger partial charge in [0, 0.05) is 34.8 Å². The first-order valence-electron chi connectivity index (χ1n) is 14.2. The molecule has 1 atom stereocenters. The number of imidazole rings is 1. The normalized spacial score (nSPS) is 11.7. The van der Waals surface area contributed by atoms with Gasteiger partial charge in [-0.2, -0.15) is 0 Å². The fraction of sp³-hybridized carbons (Fsp3) is 0.167. The van der Waals surface area contributed by atoms with E-state index in [0.29, 0.717) is 11.5 Å². The number of benzene rings is 2. The van der Waals surface area contributed by atoms with Crippen LogP contribution >= 0.6 is 0 Å². The third kappa shape index (κ3) is 5.61. The van der Waals surface area contributed by atoms with Crippen molar-refractivity contribution in [1.82, 2.24) is 24.7 Å². The van der Waals surface area contributed by atoms with Crippen LogP contribution in [0.1, 0.15) is 35.0 Å². The molecule has 0 spiro atoms. The molecule has 0 unspecified atom stereocenters. The van der Waals surface area contributed by atoms with Crippen molar-refractivity contribution >= 4 is 28.1 Å². The minimum atomic E-state index is -0.374. The van der Waals surface area contributed by atoms with Gasteiger partial charge in [-0.15, -0.1) is 0 Å². The highest BCUT2D eigenvalue weighted by Gasteiger charge is 2.20. The molecule has 0 saturated heterocycles. The van der Waals surface area contributed by atoms with Gasteiger partial charge >= 0.3 is 0 Å². The molecule has 0 aliphatic heterocycles. The van der Waals surface area contributed by atoms with E-state index in [0.717, 1.165) is 50.4 Å². The molecule has 0 bridgehead atoms. The van der Waals surface area contributed by atoms with Gasteiger partial charge in [0.2, 0.25) is 5.91 Å². The van der Waals surface area contributed by atoms with Crippen molar-refractivity contribution in [2.75, 3.05) is 12.4 Å². The molecular weight excluding hydrogens is 532 g/mol. The first kappa shape index (κ1) is 27.8. The van der Waals surface area contributed by atoms with Gasteiger partial charge in [-0.1, -0.05) is 30.2 Å². The molecule has 2 aromatic carbocycles. The number of fused-ring (bicyclic) bond motifs is 2. The predicted octanol–water partition coefficient (Wildman–Crippen LogP) is 6.48. The van der Waals surface area contributed by atoms with Crippen molar-refractivity contribution in [1.29, 1.82) is 0 Å². The van der Waals surface area contributed by atoms with Crippen LogP contribution in [-0.4, -0.2) is 38.3 Å². The van der Waals surface area contributed by atoms with Crippen molar-refractivity contribution in [2.24, 2.45) is 0 Å². The lowest BCUT2D eigenvalue weighted by Crippen LogP contribution is -2.35. The lowest BCUT2D eigenvalue weighted by molar-refractivity contribution is -0.117. The molecule has 4 aromatic heterocycles. The molecule has 0 radical (unpaired) electrons. The first-order valence-corrected chi connectivity index (χ1v) is 14.2. The number of carbonyl (C=O) groups is 1. The molecule has 7 heteroatoms. The molecule has 6 rings (SSSR count). The van der Waals surface area contributed by atoms with Gasteiger partial charge in [0.05, 0.1) is 17.4 Å². The summed E-state index contributed by atoms with van der Waals surface area (Å²) in [7, 11) is 1.75. The Kier molecular flexibility index (Phi) is 7.45. The van der Waals surface area contributed by atoms with Gasteiger partial charge in [-0.3, -0.25) is 14.2 Å². The Labute approximate surface area is 251 Å². The standard InChI is InChI=1S/C36H32N6O/c1-22-16-18-42-33(19-22)41-34(28-15-17-38-24(3)20-28)35(42)30-12-14-32(40-36(43)25(4)37-5)39-31(30)13-10-26-9-11-29-23(2)7-6-8-27(29)21-26/h6-9,11-12,14-21,25,37H,1-5H3,(H,39,40,43)/t25-/m0/s1. The monoisotopic (exact) mass is 564 g/mol. The molecule has 0 saturated carbocycles. The number of likely N-dealkylation sites (N-methyl/N-ethyl adjacent to an activating group) is 1. The molecule has 0 aliphatic rings. The minimum absolute atomic E-state index is 0.176. The second-order valence-electron chi connectivity index (χ2n) is 10.8. The highest BCUT2D eigenvalue weighted by molar-refractivity contribution is 5.94. The fourth-order valence-electron chi connectivity index (χ4n) is 5.13. The molecule has 0 fully saturated rings. The summed E-state index contributed by atoms with van der Waals surface area (Å²) >= 11 is 0. The largest absolute Gasteiger partial charge is 0.309 e. The van der Waals surface area contributed by atoms with E-state index in [4.69, 9.17) is 9.97 Å².